The van der Waals surface area contributed by atoms with E-state index in [4.69, 9.17) is 30.5 Å². The highest BCUT2D eigenvalue weighted by atomic mass is 35.5. The van der Waals surface area contributed by atoms with Crippen molar-refractivity contribution in [3.05, 3.63) is 81.8 Å². The number of nitrogens with one attached hydrogen (secondary N) is 2. The number of H-pyrrole nitrogens is 1. The van der Waals surface area contributed by atoms with E-state index in [1.165, 1.54) is 45.6 Å². The highest BCUT2D eigenvalue weighted by molar-refractivity contribution is 6.35. The van der Waals surface area contributed by atoms with Gasteiger partial charge in [0, 0.05) is 36.3 Å². The molecule has 0 saturated carbocycles. The number of amides is 1. The van der Waals surface area contributed by atoms with Gasteiger partial charge in [-0.3, -0.25) is 14.4 Å². The molecular weight excluding hydrogens is 630 g/mol. The van der Waals surface area contributed by atoms with E-state index in [9.17, 15) is 24.6 Å². The Morgan fingerprint density at radius 2 is 1.81 bits per heavy atom. The molecule has 1 aliphatic carbocycles. The van der Waals surface area contributed by atoms with E-state index in [0.717, 1.165) is 11.0 Å². The number of aromatic nitrogens is 2. The summed E-state index contributed by atoms with van der Waals surface area (Å²) >= 11 is 6.58. The lowest BCUT2D eigenvalue weighted by Gasteiger charge is -2.38. The number of allylic oxidation sites excluding steroid dienone is 1. The van der Waals surface area contributed by atoms with Crippen molar-refractivity contribution in [3.63, 3.8) is 0 Å². The lowest BCUT2D eigenvalue weighted by Crippen LogP contribution is -2.53. The molecule has 1 unspecified atom stereocenters. The van der Waals surface area contributed by atoms with Gasteiger partial charge in [0.1, 0.15) is 27.9 Å². The summed E-state index contributed by atoms with van der Waals surface area (Å²) in [6.07, 6.45) is -0.509. The molecule has 4 N–H and O–H groups in total. The van der Waals surface area contributed by atoms with Crippen LogP contribution in [-0.2, 0) is 16.1 Å². The van der Waals surface area contributed by atoms with Gasteiger partial charge in [-0.1, -0.05) is 36.7 Å². The topological polar surface area (TPSA) is 169 Å². The number of carbonyl (C=O) groups excluding carboxylic acids is 3. The van der Waals surface area contributed by atoms with Gasteiger partial charge in [-0.25, -0.2) is 4.98 Å². The Bertz CT molecular complexity index is 1940. The number of rotatable bonds is 9. The lowest BCUT2D eigenvalue weighted by molar-refractivity contribution is -0.122. The van der Waals surface area contributed by atoms with E-state index in [1.54, 1.807) is 6.92 Å². The number of nitrogens with zero attached hydrogens (tertiary/aromatic N) is 1. The van der Waals surface area contributed by atoms with E-state index < -0.39 is 40.7 Å². The molecule has 47 heavy (non-hydrogen) atoms. The van der Waals surface area contributed by atoms with Crippen LogP contribution in [0.3, 0.4) is 0 Å². The van der Waals surface area contributed by atoms with E-state index in [-0.39, 0.29) is 64.3 Å². The molecule has 2 aliphatic rings. The molecule has 1 aromatic heterocycles. The second-order valence-corrected chi connectivity index (χ2v) is 11.8. The first-order valence-corrected chi connectivity index (χ1v) is 15.1. The zero-order chi connectivity index (χ0) is 33.6. The van der Waals surface area contributed by atoms with Crippen molar-refractivity contribution in [2.45, 2.75) is 37.8 Å². The number of ether oxygens (including phenoxy) is 4. The predicted octanol–water partition coefficient (Wildman–Crippen LogP) is 5.17. The Morgan fingerprint density at radius 1 is 1.09 bits per heavy atom. The molecule has 244 valence electrons. The largest absolute Gasteiger partial charge is 0.507 e. The number of para-hydroxylation sites is 2. The zero-order valence-electron chi connectivity index (χ0n) is 26.0. The zero-order valence-corrected chi connectivity index (χ0v) is 26.7. The number of hydrogen-bond donors (Lipinski definition) is 4. The average molecular weight is 662 g/mol. The number of aromatic amines is 1. The third-order valence-corrected chi connectivity index (χ3v) is 9.10. The molecule has 1 aliphatic heterocycles. The summed E-state index contributed by atoms with van der Waals surface area (Å²) in [4.78, 5) is 49.3. The van der Waals surface area contributed by atoms with Crippen LogP contribution in [0.25, 0.3) is 11.0 Å². The number of phenolic OH excluding ortho intramolecular Hbond substituents is 1. The maximum Gasteiger partial charge on any atom is 0.231 e. The maximum atomic E-state index is 14.3. The number of imidazole rings is 1. The van der Waals surface area contributed by atoms with Crippen molar-refractivity contribution in [2.75, 3.05) is 21.3 Å². The van der Waals surface area contributed by atoms with Gasteiger partial charge in [0.25, 0.3) is 0 Å². The van der Waals surface area contributed by atoms with Gasteiger partial charge in [-0.2, -0.15) is 0 Å². The minimum Gasteiger partial charge on any atom is -0.507 e. The fraction of sp³-hybridized carbons (Fsp3) is 0.294. The molecule has 1 amide bonds. The highest BCUT2D eigenvalue weighted by Crippen LogP contribution is 2.56. The van der Waals surface area contributed by atoms with E-state index in [2.05, 4.69) is 15.3 Å². The van der Waals surface area contributed by atoms with Crippen molar-refractivity contribution in [3.8, 4) is 28.7 Å². The Morgan fingerprint density at radius 3 is 2.51 bits per heavy atom. The van der Waals surface area contributed by atoms with E-state index in [1.807, 2.05) is 24.3 Å². The van der Waals surface area contributed by atoms with Crippen molar-refractivity contribution >= 4 is 40.1 Å². The number of aliphatic hydroxyl groups excluding tert-OH is 1. The van der Waals surface area contributed by atoms with Crippen molar-refractivity contribution in [2.24, 2.45) is 5.92 Å². The minimum absolute atomic E-state index is 0.00294. The Kier molecular flexibility index (Phi) is 8.22. The van der Waals surface area contributed by atoms with Gasteiger partial charge in [-0.15, -0.1) is 0 Å². The van der Waals surface area contributed by atoms with Gasteiger partial charge in [-0.05, 0) is 29.8 Å². The maximum absolute atomic E-state index is 14.3. The molecule has 3 atom stereocenters. The number of aromatic hydroxyl groups is 1. The molecule has 3 aromatic carbocycles. The number of methoxy groups -OCH3 is 3. The number of fused-ring (bicyclic) bond motifs is 2. The summed E-state index contributed by atoms with van der Waals surface area (Å²) in [5, 5.41) is 25.2. The molecule has 12 nitrogen and oxygen atoms in total. The van der Waals surface area contributed by atoms with Crippen LogP contribution in [0.5, 0.6) is 28.7 Å². The molecule has 0 fully saturated rings. The Balaban J connectivity index is 1.43. The first-order valence-electron chi connectivity index (χ1n) is 14.8. The van der Waals surface area contributed by atoms with E-state index in [0.29, 0.717) is 11.4 Å². The van der Waals surface area contributed by atoms with Gasteiger partial charge in [0.05, 0.1) is 38.9 Å². The molecule has 0 radical (unpaired) electrons. The summed E-state index contributed by atoms with van der Waals surface area (Å²) in [7, 11) is 4.13. The minimum atomic E-state index is -2.04. The van der Waals surface area contributed by atoms with Gasteiger partial charge in [0.2, 0.25) is 17.3 Å². The van der Waals surface area contributed by atoms with Crippen molar-refractivity contribution in [1.29, 1.82) is 0 Å². The van der Waals surface area contributed by atoms with Crippen molar-refractivity contribution in [1.82, 2.24) is 15.3 Å². The number of benzene rings is 3. The second kappa shape index (κ2) is 12.2. The highest BCUT2D eigenvalue weighted by Gasteiger charge is 2.61. The molecule has 1 spiro atoms. The van der Waals surface area contributed by atoms with Gasteiger partial charge < -0.3 is 39.5 Å². The quantitative estimate of drug-likeness (QED) is 0.188. The summed E-state index contributed by atoms with van der Waals surface area (Å²) in [5.74, 6) is -3.45. The molecule has 6 rings (SSSR count). The summed E-state index contributed by atoms with van der Waals surface area (Å²) in [5.41, 5.74) is -0.304. The predicted molar refractivity (Wildman–Crippen MR) is 171 cm³/mol. The lowest BCUT2D eigenvalue weighted by atomic mass is 9.69. The Labute approximate surface area is 274 Å². The first-order chi connectivity index (χ1) is 22.5. The summed E-state index contributed by atoms with van der Waals surface area (Å²) < 4.78 is 22.4. The molecule has 0 bridgehead atoms. The second-order valence-electron chi connectivity index (χ2n) is 11.4. The van der Waals surface area contributed by atoms with Crippen LogP contribution in [0.15, 0.2) is 59.9 Å². The van der Waals surface area contributed by atoms with E-state index >= 15 is 0 Å². The molecule has 4 aromatic rings. The normalized spacial score (nSPS) is 19.5. The smallest absolute Gasteiger partial charge is 0.231 e. The molecular formula is C34H32ClN3O9. The summed E-state index contributed by atoms with van der Waals surface area (Å²) in [6.45, 7) is 1.68. The fourth-order valence-electron chi connectivity index (χ4n) is 6.37. The van der Waals surface area contributed by atoms with Gasteiger partial charge in [0.15, 0.2) is 28.8 Å². The first kappa shape index (κ1) is 31.7. The van der Waals surface area contributed by atoms with Crippen LogP contribution >= 0.6 is 11.6 Å². The molecule has 13 heteroatoms. The fourth-order valence-corrected chi connectivity index (χ4v) is 6.63. The SMILES string of the molecule is COc1cc(C(CC(=O)NCc2nc3ccccc3[nH]2)C2=C(O)[C@@]3(Oc4c(Cl)c(OC)cc(OC)c4C3=O)[C@H](C)CC2=O)ccc1O. The molecule has 0 saturated heterocycles. The van der Waals surface area contributed by atoms with Gasteiger partial charge >= 0.3 is 0 Å². The number of phenols is 1. The van der Waals surface area contributed by atoms with Crippen LogP contribution in [0.4, 0.5) is 0 Å². The van der Waals surface area contributed by atoms with Crippen LogP contribution in [0.2, 0.25) is 5.02 Å². The average Bonchev–Trinajstić information content (AvgIpc) is 3.62. The molecule has 2 heterocycles. The van der Waals surface area contributed by atoms with Crippen LogP contribution in [-0.4, -0.2) is 64.6 Å². The van der Waals surface area contributed by atoms with Crippen molar-refractivity contribution < 1.29 is 43.5 Å². The standard InChI is InChI=1S/C34H32ClN3O9/c1-16-11-22(40)28(32(42)34(16)33(43)29-24(45-3)14-25(46-4)30(35)31(29)47-34)18(17-9-10-21(39)23(12-17)44-2)13-27(41)36-15-26-37-19-7-5-6-8-20(19)38-26/h5-10,12,14,16,18,39,42H,11,13,15H2,1-4H3,(H,36,41)(H,37,38)/t16-,18?,34+/m1/s1. The number of hydrogen-bond acceptors (Lipinski definition) is 10. The Hall–Kier alpha value is -5.23. The monoisotopic (exact) mass is 661 g/mol. The number of aliphatic hydroxyl groups is 1. The number of Topliss-reactive ketones (excluding diaryl/α,β-unsaturated/α-hetero) is 2. The summed E-state index contributed by atoms with van der Waals surface area (Å²) in [6, 6.07) is 13.2. The van der Waals surface area contributed by atoms with Crippen LogP contribution < -0.4 is 24.3 Å². The number of carbonyl (C=O) groups is 3. The third kappa shape index (κ3) is 5.18. The third-order valence-electron chi connectivity index (χ3n) is 8.75. The number of ketones is 2. The van der Waals surface area contributed by atoms with Crippen LogP contribution in [0.1, 0.15) is 47.4 Å². The number of halogens is 1. The van der Waals surface area contributed by atoms with Crippen LogP contribution in [0, 0.1) is 5.92 Å².